The normalized spacial score (nSPS) is 10.7. The average Bonchev–Trinajstić information content (AvgIpc) is 2.87. The molecule has 0 radical (unpaired) electrons. The second-order valence-corrected chi connectivity index (χ2v) is 5.06. The lowest BCUT2D eigenvalue weighted by Gasteiger charge is -2.03. The van der Waals surface area contributed by atoms with E-state index in [0.717, 1.165) is 15.7 Å². The minimum atomic E-state index is 0.582. The number of nitrogens with zero attached hydrogens (tertiary/aromatic N) is 4. The average molecular weight is 334 g/mol. The second kappa shape index (κ2) is 5.46. The van der Waals surface area contributed by atoms with Gasteiger partial charge in [-0.2, -0.15) is 4.98 Å². The van der Waals surface area contributed by atoms with Crippen LogP contribution in [0, 0.1) is 0 Å². The maximum atomic E-state index is 5.09. The molecule has 3 heterocycles. The molecule has 102 valence electrons. The number of rotatable bonds is 4. The number of pyridine rings is 2. The predicted octanol–water partition coefficient (Wildman–Crippen LogP) is 2.51. The maximum Gasteiger partial charge on any atom is 0.243 e. The molecule has 1 N–H and O–H groups in total. The summed E-state index contributed by atoms with van der Waals surface area (Å²) in [5.41, 5.74) is 1.85. The molecular weight excluding hydrogens is 322 g/mol. The molecule has 6 nitrogen and oxygen atoms in total. The van der Waals surface area contributed by atoms with E-state index in [1.54, 1.807) is 17.8 Å². The molecule has 3 aromatic heterocycles. The number of anilines is 1. The molecular formula is C13H12BrN5O. The second-order valence-electron chi connectivity index (χ2n) is 4.15. The van der Waals surface area contributed by atoms with Crippen LogP contribution in [0.25, 0.3) is 5.65 Å². The molecule has 0 atom stereocenters. The minimum absolute atomic E-state index is 0.582. The molecule has 0 saturated heterocycles. The van der Waals surface area contributed by atoms with Crippen LogP contribution in [0.2, 0.25) is 0 Å². The van der Waals surface area contributed by atoms with Crippen molar-refractivity contribution in [1.82, 2.24) is 19.6 Å². The first kappa shape index (κ1) is 12.9. The predicted molar refractivity (Wildman–Crippen MR) is 78.8 cm³/mol. The maximum absolute atomic E-state index is 5.09. The van der Waals surface area contributed by atoms with Gasteiger partial charge in [-0.1, -0.05) is 0 Å². The highest BCUT2D eigenvalue weighted by Gasteiger charge is 2.04. The number of aromatic nitrogens is 4. The summed E-state index contributed by atoms with van der Waals surface area (Å²) in [5.74, 6) is 1.18. The summed E-state index contributed by atoms with van der Waals surface area (Å²) in [6.45, 7) is 0.608. The molecule has 0 unspecified atom stereocenters. The molecule has 0 aliphatic rings. The van der Waals surface area contributed by atoms with E-state index in [1.807, 2.05) is 30.5 Å². The number of hydrogen-bond donors (Lipinski definition) is 1. The van der Waals surface area contributed by atoms with Crippen molar-refractivity contribution in [3.8, 4) is 5.88 Å². The van der Waals surface area contributed by atoms with E-state index < -0.39 is 0 Å². The van der Waals surface area contributed by atoms with Gasteiger partial charge in [-0.15, -0.1) is 5.10 Å². The van der Waals surface area contributed by atoms with E-state index in [2.05, 4.69) is 36.3 Å². The Labute approximate surface area is 123 Å². The largest absolute Gasteiger partial charge is 0.481 e. The van der Waals surface area contributed by atoms with Gasteiger partial charge in [0, 0.05) is 29.5 Å². The Morgan fingerprint density at radius 3 is 3.10 bits per heavy atom. The highest BCUT2D eigenvalue weighted by molar-refractivity contribution is 9.10. The van der Waals surface area contributed by atoms with Gasteiger partial charge in [0.05, 0.1) is 7.11 Å². The van der Waals surface area contributed by atoms with Crippen molar-refractivity contribution < 1.29 is 4.74 Å². The highest BCUT2D eigenvalue weighted by Crippen LogP contribution is 2.13. The molecule has 0 spiro atoms. The van der Waals surface area contributed by atoms with Crippen molar-refractivity contribution in [1.29, 1.82) is 0 Å². The zero-order valence-corrected chi connectivity index (χ0v) is 12.3. The summed E-state index contributed by atoms with van der Waals surface area (Å²) in [4.78, 5) is 8.45. The standard InChI is InChI=1S/C13H12BrN5O/c1-20-12-6-9(4-5-15-12)7-16-13-17-11-3-2-10(14)8-19(11)18-13/h2-6,8H,7H2,1H3,(H,16,18). The van der Waals surface area contributed by atoms with E-state index >= 15 is 0 Å². The van der Waals surface area contributed by atoms with Crippen LogP contribution in [0.4, 0.5) is 5.95 Å². The zero-order chi connectivity index (χ0) is 13.9. The summed E-state index contributed by atoms with van der Waals surface area (Å²) in [6, 6.07) is 7.63. The molecule has 3 aromatic rings. The van der Waals surface area contributed by atoms with Crippen molar-refractivity contribution >= 4 is 27.5 Å². The zero-order valence-electron chi connectivity index (χ0n) is 10.7. The van der Waals surface area contributed by atoms with Crippen LogP contribution in [0.1, 0.15) is 5.56 Å². The smallest absolute Gasteiger partial charge is 0.243 e. The van der Waals surface area contributed by atoms with Gasteiger partial charge in [-0.3, -0.25) is 0 Å². The van der Waals surface area contributed by atoms with Gasteiger partial charge >= 0.3 is 0 Å². The summed E-state index contributed by atoms with van der Waals surface area (Å²) in [5, 5.41) is 7.53. The Hall–Kier alpha value is -2.15. The molecule has 3 rings (SSSR count). The van der Waals surface area contributed by atoms with Gasteiger partial charge in [0.1, 0.15) is 0 Å². The lowest BCUT2D eigenvalue weighted by molar-refractivity contribution is 0.397. The molecule has 0 amide bonds. The summed E-state index contributed by atoms with van der Waals surface area (Å²) >= 11 is 3.40. The van der Waals surface area contributed by atoms with Crippen LogP contribution in [-0.2, 0) is 6.54 Å². The third-order valence-electron chi connectivity index (χ3n) is 2.75. The third-order valence-corrected chi connectivity index (χ3v) is 3.22. The number of nitrogens with one attached hydrogen (secondary N) is 1. The summed E-state index contributed by atoms with van der Waals surface area (Å²) in [6.07, 6.45) is 3.58. The number of methoxy groups -OCH3 is 1. The van der Waals surface area contributed by atoms with E-state index in [1.165, 1.54) is 0 Å². The van der Waals surface area contributed by atoms with E-state index in [-0.39, 0.29) is 0 Å². The van der Waals surface area contributed by atoms with E-state index in [4.69, 9.17) is 4.74 Å². The molecule has 0 bridgehead atoms. The van der Waals surface area contributed by atoms with Crippen molar-refractivity contribution in [2.75, 3.05) is 12.4 Å². The minimum Gasteiger partial charge on any atom is -0.481 e. The van der Waals surface area contributed by atoms with E-state index in [0.29, 0.717) is 18.4 Å². The number of ether oxygens (including phenoxy) is 1. The molecule has 0 aliphatic carbocycles. The van der Waals surface area contributed by atoms with Gasteiger partial charge in [0.15, 0.2) is 5.65 Å². The topological polar surface area (TPSA) is 64.3 Å². The monoisotopic (exact) mass is 333 g/mol. The van der Waals surface area contributed by atoms with Crippen molar-refractivity contribution in [3.63, 3.8) is 0 Å². The first-order valence-electron chi connectivity index (χ1n) is 5.99. The third kappa shape index (κ3) is 2.72. The quantitative estimate of drug-likeness (QED) is 0.794. The van der Waals surface area contributed by atoms with Crippen LogP contribution in [0.15, 0.2) is 41.1 Å². The fourth-order valence-corrected chi connectivity index (χ4v) is 2.11. The highest BCUT2D eigenvalue weighted by atomic mass is 79.9. The first-order valence-corrected chi connectivity index (χ1v) is 6.78. The Morgan fingerprint density at radius 2 is 2.25 bits per heavy atom. The Balaban J connectivity index is 1.76. The Morgan fingerprint density at radius 1 is 1.35 bits per heavy atom. The summed E-state index contributed by atoms with van der Waals surface area (Å²) < 4.78 is 7.77. The lowest BCUT2D eigenvalue weighted by Crippen LogP contribution is -2.02. The van der Waals surface area contributed by atoms with Gasteiger partial charge in [-0.05, 0) is 39.7 Å². The molecule has 0 saturated carbocycles. The number of halogens is 1. The first-order chi connectivity index (χ1) is 9.74. The van der Waals surface area contributed by atoms with Crippen molar-refractivity contribution in [3.05, 3.63) is 46.7 Å². The van der Waals surface area contributed by atoms with Gasteiger partial charge in [0.2, 0.25) is 11.8 Å². The molecule has 0 fully saturated rings. The van der Waals surface area contributed by atoms with Crippen LogP contribution in [0.5, 0.6) is 5.88 Å². The lowest BCUT2D eigenvalue weighted by atomic mass is 10.2. The molecule has 0 aromatic carbocycles. The molecule has 20 heavy (non-hydrogen) atoms. The number of fused-ring (bicyclic) bond motifs is 1. The van der Waals surface area contributed by atoms with Crippen molar-refractivity contribution in [2.45, 2.75) is 6.54 Å². The fraction of sp³-hybridized carbons (Fsp3) is 0.154. The van der Waals surface area contributed by atoms with Crippen LogP contribution in [-0.4, -0.2) is 26.7 Å². The van der Waals surface area contributed by atoms with Crippen molar-refractivity contribution in [2.24, 2.45) is 0 Å². The Bertz CT molecular complexity index is 742. The van der Waals surface area contributed by atoms with Gasteiger partial charge in [-0.25, -0.2) is 9.50 Å². The molecule has 7 heteroatoms. The number of hydrogen-bond acceptors (Lipinski definition) is 5. The van der Waals surface area contributed by atoms with E-state index in [9.17, 15) is 0 Å². The SMILES string of the molecule is COc1cc(CNc2nc3ccc(Br)cn3n2)ccn1. The van der Waals surface area contributed by atoms with Crippen LogP contribution >= 0.6 is 15.9 Å². The summed E-state index contributed by atoms with van der Waals surface area (Å²) in [7, 11) is 1.60. The Kier molecular flexibility index (Phi) is 3.51. The molecule has 0 aliphatic heterocycles. The van der Waals surface area contributed by atoms with Gasteiger partial charge in [0.25, 0.3) is 0 Å². The fourth-order valence-electron chi connectivity index (χ4n) is 1.79. The van der Waals surface area contributed by atoms with Crippen LogP contribution in [0.3, 0.4) is 0 Å². The van der Waals surface area contributed by atoms with Crippen LogP contribution < -0.4 is 10.1 Å². The van der Waals surface area contributed by atoms with Gasteiger partial charge < -0.3 is 10.1 Å².